The zero-order valence-electron chi connectivity index (χ0n) is 17.4. The van der Waals surface area contributed by atoms with Gasteiger partial charge in [-0.25, -0.2) is 0 Å². The van der Waals surface area contributed by atoms with Gasteiger partial charge in [0.05, 0.1) is 6.54 Å². The molecule has 1 aliphatic rings. The van der Waals surface area contributed by atoms with Crippen LogP contribution in [0.3, 0.4) is 0 Å². The van der Waals surface area contributed by atoms with Crippen LogP contribution in [0.4, 0.5) is 0 Å². The number of halogens is 1. The number of piperidine rings is 1. The highest BCUT2D eigenvalue weighted by molar-refractivity contribution is 14.0. The maximum absolute atomic E-state index is 5.82. The number of benzene rings is 1. The zero-order chi connectivity index (χ0) is 18.8. The fourth-order valence-electron chi connectivity index (χ4n) is 3.40. The third-order valence-electron chi connectivity index (χ3n) is 5.28. The second-order valence-electron chi connectivity index (χ2n) is 7.22. The van der Waals surface area contributed by atoms with Crippen molar-refractivity contribution >= 4 is 29.9 Å². The van der Waals surface area contributed by atoms with Crippen molar-refractivity contribution in [2.75, 3.05) is 53.4 Å². The summed E-state index contributed by atoms with van der Waals surface area (Å²) in [5.74, 6) is 2.72. The molecule has 0 aliphatic carbocycles. The number of likely N-dealkylation sites (N-methyl/N-ethyl adjacent to an activating group) is 1. The van der Waals surface area contributed by atoms with E-state index in [4.69, 9.17) is 4.74 Å². The number of nitrogens with zero attached hydrogens (tertiary/aromatic N) is 3. The van der Waals surface area contributed by atoms with Gasteiger partial charge in [-0.3, -0.25) is 4.99 Å². The number of hydrogen-bond donors (Lipinski definition) is 1. The second-order valence-corrected chi connectivity index (χ2v) is 7.22. The first-order valence-electron chi connectivity index (χ1n) is 9.96. The number of guanidine groups is 1. The molecule has 154 valence electrons. The molecule has 6 heteroatoms. The van der Waals surface area contributed by atoms with Crippen LogP contribution in [0.15, 0.2) is 29.3 Å². The Balaban J connectivity index is 0.00000364. The van der Waals surface area contributed by atoms with E-state index in [1.165, 1.54) is 44.5 Å². The third-order valence-corrected chi connectivity index (χ3v) is 5.28. The predicted octanol–water partition coefficient (Wildman–Crippen LogP) is 3.62. The summed E-state index contributed by atoms with van der Waals surface area (Å²) in [4.78, 5) is 9.08. The first-order chi connectivity index (χ1) is 12.6. The van der Waals surface area contributed by atoms with Crippen LogP contribution < -0.4 is 10.1 Å². The third kappa shape index (κ3) is 8.68. The largest absolute Gasteiger partial charge is 0.492 e. The summed E-state index contributed by atoms with van der Waals surface area (Å²) in [6.07, 6.45) is 3.88. The van der Waals surface area contributed by atoms with Gasteiger partial charge in [0.1, 0.15) is 12.4 Å². The molecular formula is C21H37IN4O. The molecule has 1 aromatic carbocycles. The number of likely N-dealkylation sites (tertiary alicyclic amines) is 1. The molecule has 5 nitrogen and oxygen atoms in total. The van der Waals surface area contributed by atoms with E-state index in [0.29, 0.717) is 6.61 Å². The zero-order valence-corrected chi connectivity index (χ0v) is 19.7. The summed E-state index contributed by atoms with van der Waals surface area (Å²) in [6, 6.07) is 8.19. The molecule has 0 aromatic heterocycles. The molecule has 1 heterocycles. The number of aliphatic imine (C=N–C) groups is 1. The van der Waals surface area contributed by atoms with E-state index in [9.17, 15) is 0 Å². The Morgan fingerprint density at radius 3 is 2.52 bits per heavy atom. The van der Waals surface area contributed by atoms with Crippen molar-refractivity contribution in [2.45, 2.75) is 33.1 Å². The summed E-state index contributed by atoms with van der Waals surface area (Å²) in [6.45, 7) is 10.5. The Bertz CT molecular complexity index is 542. The fourth-order valence-corrected chi connectivity index (χ4v) is 3.40. The molecule has 1 aromatic rings. The van der Waals surface area contributed by atoms with Crippen LogP contribution in [0.2, 0.25) is 0 Å². The standard InChI is InChI=1S/C21H36N4O.HI/c1-5-25-14-11-19(12-15-25)10-13-23-21(22-3)24(4)16-17-26-20-8-6-18(2)7-9-20;/h6-9,19H,5,10-17H2,1-4H3,(H,22,23);1H. The van der Waals surface area contributed by atoms with Crippen LogP contribution >= 0.6 is 24.0 Å². The smallest absolute Gasteiger partial charge is 0.193 e. The van der Waals surface area contributed by atoms with Gasteiger partial charge in [0.25, 0.3) is 0 Å². The first kappa shape index (κ1) is 24.0. The van der Waals surface area contributed by atoms with E-state index < -0.39 is 0 Å². The monoisotopic (exact) mass is 488 g/mol. The molecule has 0 unspecified atom stereocenters. The van der Waals surface area contributed by atoms with Crippen LogP contribution in [0.25, 0.3) is 0 Å². The van der Waals surface area contributed by atoms with E-state index in [-0.39, 0.29) is 24.0 Å². The molecule has 1 saturated heterocycles. The van der Waals surface area contributed by atoms with Gasteiger partial charge >= 0.3 is 0 Å². The second kappa shape index (κ2) is 13.2. The lowest BCUT2D eigenvalue weighted by atomic mass is 9.93. The van der Waals surface area contributed by atoms with Crippen molar-refractivity contribution in [3.63, 3.8) is 0 Å². The van der Waals surface area contributed by atoms with Crippen molar-refractivity contribution in [2.24, 2.45) is 10.9 Å². The van der Waals surface area contributed by atoms with Gasteiger partial charge in [-0.05, 0) is 63.9 Å². The summed E-state index contributed by atoms with van der Waals surface area (Å²) >= 11 is 0. The minimum Gasteiger partial charge on any atom is -0.492 e. The van der Waals surface area contributed by atoms with E-state index in [2.05, 4.69) is 53.1 Å². The van der Waals surface area contributed by atoms with E-state index >= 15 is 0 Å². The molecule has 1 fully saturated rings. The van der Waals surface area contributed by atoms with Crippen LogP contribution in [-0.4, -0.2) is 69.2 Å². The Morgan fingerprint density at radius 2 is 1.93 bits per heavy atom. The lowest BCUT2D eigenvalue weighted by molar-refractivity contribution is 0.187. The summed E-state index contributed by atoms with van der Waals surface area (Å²) in [5.41, 5.74) is 1.25. The molecule has 1 N–H and O–H groups in total. The van der Waals surface area contributed by atoms with Gasteiger partial charge in [-0.1, -0.05) is 24.6 Å². The molecule has 0 radical (unpaired) electrons. The highest BCUT2D eigenvalue weighted by Gasteiger charge is 2.17. The number of nitrogens with one attached hydrogen (secondary N) is 1. The van der Waals surface area contributed by atoms with Gasteiger partial charge < -0.3 is 19.9 Å². The SMILES string of the molecule is CCN1CCC(CCNC(=NC)N(C)CCOc2ccc(C)cc2)CC1.I. The van der Waals surface area contributed by atoms with E-state index in [1.54, 1.807) is 0 Å². The van der Waals surface area contributed by atoms with Crippen LogP contribution in [0.1, 0.15) is 31.7 Å². The van der Waals surface area contributed by atoms with E-state index in [0.717, 1.165) is 30.7 Å². The topological polar surface area (TPSA) is 40.1 Å². The Morgan fingerprint density at radius 1 is 1.26 bits per heavy atom. The van der Waals surface area contributed by atoms with Gasteiger partial charge in [-0.2, -0.15) is 0 Å². The average molecular weight is 488 g/mol. The van der Waals surface area contributed by atoms with Gasteiger partial charge in [0, 0.05) is 20.6 Å². The van der Waals surface area contributed by atoms with Gasteiger partial charge in [0.2, 0.25) is 0 Å². The van der Waals surface area contributed by atoms with Gasteiger partial charge in [-0.15, -0.1) is 24.0 Å². The molecule has 0 saturated carbocycles. The van der Waals surface area contributed by atoms with Crippen molar-refractivity contribution in [3.05, 3.63) is 29.8 Å². The Kier molecular flexibility index (Phi) is 11.7. The minimum atomic E-state index is 0. The van der Waals surface area contributed by atoms with Crippen molar-refractivity contribution in [1.82, 2.24) is 15.1 Å². The number of rotatable bonds is 8. The van der Waals surface area contributed by atoms with Crippen LogP contribution in [-0.2, 0) is 0 Å². The minimum absolute atomic E-state index is 0. The lowest BCUT2D eigenvalue weighted by Crippen LogP contribution is -2.42. The summed E-state index contributed by atoms with van der Waals surface area (Å²) < 4.78 is 5.82. The maximum Gasteiger partial charge on any atom is 0.193 e. The number of ether oxygens (including phenoxy) is 1. The molecule has 0 atom stereocenters. The Labute approximate surface area is 182 Å². The highest BCUT2D eigenvalue weighted by atomic mass is 127. The molecule has 27 heavy (non-hydrogen) atoms. The van der Waals surface area contributed by atoms with Crippen molar-refractivity contribution in [1.29, 1.82) is 0 Å². The molecule has 1 aliphatic heterocycles. The molecular weight excluding hydrogens is 451 g/mol. The van der Waals surface area contributed by atoms with Crippen molar-refractivity contribution < 1.29 is 4.74 Å². The Hall–Kier alpha value is -1.02. The van der Waals surface area contributed by atoms with Crippen LogP contribution in [0.5, 0.6) is 5.75 Å². The predicted molar refractivity (Wildman–Crippen MR) is 126 cm³/mol. The summed E-state index contributed by atoms with van der Waals surface area (Å²) in [5, 5.41) is 3.50. The fraction of sp³-hybridized carbons (Fsp3) is 0.667. The number of hydrogen-bond acceptors (Lipinski definition) is 3. The molecule has 0 bridgehead atoms. The van der Waals surface area contributed by atoms with E-state index in [1.807, 2.05) is 19.2 Å². The highest BCUT2D eigenvalue weighted by Crippen LogP contribution is 2.19. The quantitative estimate of drug-likeness (QED) is 0.345. The first-order valence-corrected chi connectivity index (χ1v) is 9.96. The van der Waals surface area contributed by atoms with Gasteiger partial charge in [0.15, 0.2) is 5.96 Å². The van der Waals surface area contributed by atoms with Crippen molar-refractivity contribution in [3.8, 4) is 5.75 Å². The molecule has 2 rings (SSSR count). The lowest BCUT2D eigenvalue weighted by Gasteiger charge is -2.31. The molecule has 0 spiro atoms. The average Bonchev–Trinajstić information content (AvgIpc) is 2.67. The normalized spacial score (nSPS) is 15.9. The molecule has 0 amide bonds. The maximum atomic E-state index is 5.82. The van der Waals surface area contributed by atoms with Crippen LogP contribution in [0, 0.1) is 12.8 Å². The number of aryl methyl sites for hydroxylation is 1. The summed E-state index contributed by atoms with van der Waals surface area (Å²) in [7, 11) is 3.91.